The Morgan fingerprint density at radius 3 is 2.82 bits per heavy atom. The number of ether oxygens (including phenoxy) is 1. The number of carbonyl (C=O) groups excluding carboxylic acids is 1. The predicted molar refractivity (Wildman–Crippen MR) is 123 cm³/mol. The van der Waals surface area contributed by atoms with E-state index in [1.807, 2.05) is 19.9 Å². The molecule has 0 aliphatic carbocycles. The lowest BCUT2D eigenvalue weighted by Gasteiger charge is -2.26. The van der Waals surface area contributed by atoms with Gasteiger partial charge in [0.25, 0.3) is 0 Å². The zero-order chi connectivity index (χ0) is 24.4. The summed E-state index contributed by atoms with van der Waals surface area (Å²) in [6, 6.07) is 8.33. The normalized spacial score (nSPS) is 18.5. The minimum Gasteiger partial charge on any atom is -0.482 e. The Labute approximate surface area is 196 Å². The topological polar surface area (TPSA) is 110 Å². The molecule has 1 atom stereocenters. The number of nitrogens with zero attached hydrogens (tertiary/aromatic N) is 5. The van der Waals surface area contributed by atoms with Gasteiger partial charge in [0.05, 0.1) is 17.7 Å². The van der Waals surface area contributed by atoms with Crippen molar-refractivity contribution in [1.82, 2.24) is 19.7 Å². The molecule has 2 aromatic heterocycles. The molecule has 9 heteroatoms. The van der Waals surface area contributed by atoms with Crippen LogP contribution < -0.4 is 10.5 Å². The van der Waals surface area contributed by atoms with E-state index in [2.05, 4.69) is 16.2 Å². The van der Waals surface area contributed by atoms with Gasteiger partial charge < -0.3 is 15.4 Å². The maximum Gasteiger partial charge on any atom is 0.236 e. The van der Waals surface area contributed by atoms with Gasteiger partial charge in [-0.2, -0.15) is 10.4 Å². The van der Waals surface area contributed by atoms with E-state index >= 15 is 0 Å². The van der Waals surface area contributed by atoms with Crippen molar-refractivity contribution in [3.8, 4) is 22.9 Å². The number of anilines is 1. The third kappa shape index (κ3) is 3.22. The summed E-state index contributed by atoms with van der Waals surface area (Å²) in [6.45, 7) is 5.60. The van der Waals surface area contributed by atoms with Crippen molar-refractivity contribution in [3.63, 3.8) is 0 Å². The van der Waals surface area contributed by atoms with E-state index in [0.29, 0.717) is 45.1 Å². The van der Waals surface area contributed by atoms with Crippen molar-refractivity contribution in [2.24, 2.45) is 12.5 Å². The fourth-order valence-electron chi connectivity index (χ4n) is 4.63. The fourth-order valence-corrected chi connectivity index (χ4v) is 4.63. The molecule has 0 saturated heterocycles. The number of aryl methyl sites for hydroxylation is 1. The number of hydrogen-bond donors (Lipinski definition) is 1. The monoisotopic (exact) mass is 458 g/mol. The molecule has 2 aliphatic heterocycles. The molecule has 4 heterocycles. The lowest BCUT2D eigenvalue weighted by molar-refractivity contribution is -0.133. The molecular formula is C25H23FN6O2. The molecule has 5 rings (SSSR count). The Morgan fingerprint density at radius 1 is 1.32 bits per heavy atom. The summed E-state index contributed by atoms with van der Waals surface area (Å²) in [4.78, 5) is 19.4. The Bertz CT molecular complexity index is 1430. The van der Waals surface area contributed by atoms with Crippen LogP contribution in [-0.4, -0.2) is 25.6 Å². The molecule has 0 radical (unpaired) electrons. The molecule has 34 heavy (non-hydrogen) atoms. The standard InChI is InChI=1S/C25H23FN6O2/c1-13-17-8-15(26)5-6-16(17)19-9-25(2,3)24(33)32(19)12-18-22(20(10-27)31(4)30-18)14-7-21(34-13)23(28)29-11-14/h5-9,11,13H,12H2,1-4H3,(H2,28,29)/t13-/m1/s1. The molecule has 3 aromatic rings. The second kappa shape index (κ2) is 7.42. The number of pyridine rings is 1. The first-order valence-electron chi connectivity index (χ1n) is 10.8. The molecule has 2 aliphatic rings. The molecular weight excluding hydrogens is 435 g/mol. The predicted octanol–water partition coefficient (Wildman–Crippen LogP) is 3.94. The van der Waals surface area contributed by atoms with Crippen molar-refractivity contribution in [1.29, 1.82) is 5.26 Å². The molecule has 0 unspecified atom stereocenters. The number of rotatable bonds is 0. The van der Waals surface area contributed by atoms with E-state index < -0.39 is 17.3 Å². The molecule has 0 saturated carbocycles. The number of fused-ring (bicyclic) bond motifs is 7. The smallest absolute Gasteiger partial charge is 0.236 e. The first-order chi connectivity index (χ1) is 16.1. The van der Waals surface area contributed by atoms with Crippen molar-refractivity contribution < 1.29 is 13.9 Å². The highest BCUT2D eigenvalue weighted by Gasteiger charge is 2.41. The second-order valence-corrected chi connectivity index (χ2v) is 9.15. The van der Waals surface area contributed by atoms with Crippen LogP contribution in [0.15, 0.2) is 36.5 Å². The van der Waals surface area contributed by atoms with E-state index in [9.17, 15) is 14.4 Å². The van der Waals surface area contributed by atoms with E-state index in [4.69, 9.17) is 10.5 Å². The lowest BCUT2D eigenvalue weighted by Crippen LogP contribution is -2.32. The number of nitriles is 1. The Balaban J connectivity index is 1.82. The average Bonchev–Trinajstić information content (AvgIpc) is 3.22. The van der Waals surface area contributed by atoms with Crippen molar-refractivity contribution in [3.05, 3.63) is 64.9 Å². The lowest BCUT2D eigenvalue weighted by atomic mass is 9.93. The number of halogens is 1. The highest BCUT2D eigenvalue weighted by Crippen LogP contribution is 2.43. The van der Waals surface area contributed by atoms with Crippen molar-refractivity contribution >= 4 is 17.4 Å². The van der Waals surface area contributed by atoms with Gasteiger partial charge in [-0.3, -0.25) is 9.48 Å². The van der Waals surface area contributed by atoms with Crippen LogP contribution in [-0.2, 0) is 18.4 Å². The Kier molecular flexibility index (Phi) is 4.72. The van der Waals surface area contributed by atoms with Gasteiger partial charge in [-0.05, 0) is 51.1 Å². The maximum absolute atomic E-state index is 14.3. The Hall–Kier alpha value is -4.19. The van der Waals surface area contributed by atoms with Crippen LogP contribution in [0, 0.1) is 22.6 Å². The first-order valence-corrected chi connectivity index (χ1v) is 10.8. The van der Waals surface area contributed by atoms with Gasteiger partial charge in [-0.1, -0.05) is 0 Å². The van der Waals surface area contributed by atoms with Gasteiger partial charge in [-0.25, -0.2) is 9.37 Å². The van der Waals surface area contributed by atoms with Gasteiger partial charge in [0.2, 0.25) is 5.91 Å². The number of amides is 1. The summed E-state index contributed by atoms with van der Waals surface area (Å²) in [6.07, 6.45) is 2.84. The zero-order valence-electron chi connectivity index (χ0n) is 19.3. The fraction of sp³-hybridized carbons (Fsp3) is 0.280. The van der Waals surface area contributed by atoms with Gasteiger partial charge in [0.15, 0.2) is 11.6 Å². The molecule has 0 fully saturated rings. The molecule has 8 nitrogen and oxygen atoms in total. The van der Waals surface area contributed by atoms with Crippen LogP contribution in [0.2, 0.25) is 0 Å². The molecule has 1 amide bonds. The highest BCUT2D eigenvalue weighted by atomic mass is 19.1. The van der Waals surface area contributed by atoms with Crippen LogP contribution >= 0.6 is 0 Å². The summed E-state index contributed by atoms with van der Waals surface area (Å²) in [5, 5.41) is 14.4. The number of nitrogens with two attached hydrogens (primary N) is 1. The highest BCUT2D eigenvalue weighted by molar-refractivity contribution is 5.98. The summed E-state index contributed by atoms with van der Waals surface area (Å²) in [5.41, 5.74) is 9.24. The van der Waals surface area contributed by atoms with Crippen LogP contribution in [0.3, 0.4) is 0 Å². The molecule has 0 spiro atoms. The number of hydrogen-bond acceptors (Lipinski definition) is 6. The molecule has 2 N–H and O–H groups in total. The number of benzene rings is 1. The largest absolute Gasteiger partial charge is 0.482 e. The zero-order valence-corrected chi connectivity index (χ0v) is 19.3. The summed E-state index contributed by atoms with van der Waals surface area (Å²) >= 11 is 0. The minimum atomic E-state index is -0.776. The van der Waals surface area contributed by atoms with Crippen molar-refractivity contribution in [2.75, 3.05) is 5.73 Å². The van der Waals surface area contributed by atoms with Gasteiger partial charge in [-0.15, -0.1) is 0 Å². The second-order valence-electron chi connectivity index (χ2n) is 9.15. The van der Waals surface area contributed by atoms with E-state index in [0.717, 1.165) is 0 Å². The quantitative estimate of drug-likeness (QED) is 0.546. The van der Waals surface area contributed by atoms with Crippen LogP contribution in [0.25, 0.3) is 16.8 Å². The minimum absolute atomic E-state index is 0.116. The SMILES string of the molecule is C[C@H]1Oc2cc(cnc2N)-c2c(nn(C)c2C#N)CN2C(=O)C(C)(C)C=C2c2ccc(F)cc21. The average molecular weight is 458 g/mol. The van der Waals surface area contributed by atoms with Crippen LogP contribution in [0.4, 0.5) is 10.2 Å². The third-order valence-corrected chi connectivity index (χ3v) is 6.32. The van der Waals surface area contributed by atoms with Crippen molar-refractivity contribution in [2.45, 2.75) is 33.4 Å². The van der Waals surface area contributed by atoms with Gasteiger partial charge in [0, 0.05) is 41.2 Å². The third-order valence-electron chi connectivity index (χ3n) is 6.32. The van der Waals surface area contributed by atoms with E-state index in [1.54, 1.807) is 37.2 Å². The van der Waals surface area contributed by atoms with Gasteiger partial charge in [0.1, 0.15) is 23.7 Å². The molecule has 172 valence electrons. The van der Waals surface area contributed by atoms with E-state index in [1.165, 1.54) is 16.8 Å². The summed E-state index contributed by atoms with van der Waals surface area (Å²) in [5.74, 6) is -0.0436. The molecule has 1 aromatic carbocycles. The van der Waals surface area contributed by atoms with Gasteiger partial charge >= 0.3 is 0 Å². The Morgan fingerprint density at radius 2 is 2.09 bits per heavy atom. The number of carbonyl (C=O) groups is 1. The number of nitrogen functional groups attached to an aromatic ring is 1. The summed E-state index contributed by atoms with van der Waals surface area (Å²) in [7, 11) is 1.68. The molecule has 2 bridgehead atoms. The first kappa shape index (κ1) is 21.6. The maximum atomic E-state index is 14.3. The van der Waals surface area contributed by atoms with Crippen LogP contribution in [0.5, 0.6) is 5.75 Å². The van der Waals surface area contributed by atoms with Crippen LogP contribution in [0.1, 0.15) is 49.4 Å². The summed E-state index contributed by atoms with van der Waals surface area (Å²) < 4.78 is 22.0. The number of aromatic nitrogens is 3. The van der Waals surface area contributed by atoms with E-state index in [-0.39, 0.29) is 18.3 Å².